The van der Waals surface area contributed by atoms with Gasteiger partial charge in [-0.3, -0.25) is 9.59 Å². The van der Waals surface area contributed by atoms with Gasteiger partial charge in [-0.2, -0.15) is 0 Å². The minimum atomic E-state index is -0.680. The third-order valence-electron chi connectivity index (χ3n) is 2.48. The first-order valence-corrected chi connectivity index (χ1v) is 6.20. The fourth-order valence-corrected chi connectivity index (χ4v) is 1.73. The molecule has 0 aliphatic rings. The van der Waals surface area contributed by atoms with E-state index in [1.54, 1.807) is 6.92 Å². The van der Waals surface area contributed by atoms with Gasteiger partial charge in [-0.25, -0.2) is 4.39 Å². The molecule has 0 aromatic heterocycles. The lowest BCUT2D eigenvalue weighted by Gasteiger charge is -2.17. The SMILES string of the molecule is CCOC(=O)CCN(C)C(=O)c1c(F)cccc1Cl. The van der Waals surface area contributed by atoms with Gasteiger partial charge in [0.25, 0.3) is 5.91 Å². The number of nitrogens with zero attached hydrogens (tertiary/aromatic N) is 1. The second kappa shape index (κ2) is 7.09. The molecular weight excluding hydrogens is 273 g/mol. The highest BCUT2D eigenvalue weighted by atomic mass is 35.5. The van der Waals surface area contributed by atoms with E-state index in [1.807, 2.05) is 0 Å². The molecule has 19 heavy (non-hydrogen) atoms. The third-order valence-corrected chi connectivity index (χ3v) is 2.79. The molecule has 0 aliphatic carbocycles. The molecule has 104 valence electrons. The van der Waals surface area contributed by atoms with E-state index in [0.717, 1.165) is 6.07 Å². The van der Waals surface area contributed by atoms with Gasteiger partial charge in [-0.1, -0.05) is 17.7 Å². The molecule has 0 spiro atoms. The third kappa shape index (κ3) is 4.21. The van der Waals surface area contributed by atoms with Crippen LogP contribution in [-0.2, 0) is 9.53 Å². The minimum Gasteiger partial charge on any atom is -0.466 e. The summed E-state index contributed by atoms with van der Waals surface area (Å²) in [5, 5.41) is 0.0491. The summed E-state index contributed by atoms with van der Waals surface area (Å²) < 4.78 is 18.3. The second-order valence-electron chi connectivity index (χ2n) is 3.88. The Bertz CT molecular complexity index is 459. The van der Waals surface area contributed by atoms with Gasteiger partial charge in [0, 0.05) is 13.6 Å². The molecule has 0 N–H and O–H groups in total. The van der Waals surface area contributed by atoms with Crippen LogP contribution in [0.4, 0.5) is 4.39 Å². The number of ether oxygens (including phenoxy) is 1. The summed E-state index contributed by atoms with van der Waals surface area (Å²) in [6.07, 6.45) is 0.0577. The van der Waals surface area contributed by atoms with E-state index in [9.17, 15) is 14.0 Å². The number of halogens is 2. The maximum atomic E-state index is 13.6. The van der Waals surface area contributed by atoms with Crippen LogP contribution in [0.25, 0.3) is 0 Å². The smallest absolute Gasteiger partial charge is 0.307 e. The van der Waals surface area contributed by atoms with Crippen molar-refractivity contribution in [3.8, 4) is 0 Å². The Morgan fingerprint density at radius 2 is 2.11 bits per heavy atom. The van der Waals surface area contributed by atoms with Gasteiger partial charge in [-0.05, 0) is 19.1 Å². The quantitative estimate of drug-likeness (QED) is 0.782. The van der Waals surface area contributed by atoms with Crippen LogP contribution >= 0.6 is 11.6 Å². The van der Waals surface area contributed by atoms with Crippen molar-refractivity contribution >= 4 is 23.5 Å². The molecule has 0 radical (unpaired) electrons. The van der Waals surface area contributed by atoms with Gasteiger partial charge < -0.3 is 9.64 Å². The minimum absolute atomic E-state index is 0.0491. The maximum absolute atomic E-state index is 13.6. The molecule has 1 rings (SSSR count). The average molecular weight is 288 g/mol. The lowest BCUT2D eigenvalue weighted by molar-refractivity contribution is -0.143. The van der Waals surface area contributed by atoms with Crippen molar-refractivity contribution in [2.24, 2.45) is 0 Å². The van der Waals surface area contributed by atoms with Crippen molar-refractivity contribution in [1.29, 1.82) is 0 Å². The molecule has 0 unspecified atom stereocenters. The van der Waals surface area contributed by atoms with Crippen molar-refractivity contribution in [2.75, 3.05) is 20.2 Å². The van der Waals surface area contributed by atoms with Crippen LogP contribution in [0.2, 0.25) is 5.02 Å². The number of esters is 1. The Morgan fingerprint density at radius 1 is 1.42 bits per heavy atom. The first-order valence-electron chi connectivity index (χ1n) is 5.82. The van der Waals surface area contributed by atoms with Gasteiger partial charge in [0.05, 0.1) is 23.6 Å². The fourth-order valence-electron chi connectivity index (χ4n) is 1.49. The zero-order valence-corrected chi connectivity index (χ0v) is 11.5. The lowest BCUT2D eigenvalue weighted by atomic mass is 10.2. The molecule has 4 nitrogen and oxygen atoms in total. The Morgan fingerprint density at radius 3 is 2.68 bits per heavy atom. The largest absolute Gasteiger partial charge is 0.466 e. The zero-order valence-electron chi connectivity index (χ0n) is 10.8. The number of hydrogen-bond donors (Lipinski definition) is 0. The molecular formula is C13H15ClFNO3. The van der Waals surface area contributed by atoms with Crippen LogP contribution in [0.1, 0.15) is 23.7 Å². The fraction of sp³-hybridized carbons (Fsp3) is 0.385. The standard InChI is InChI=1S/C13H15ClFNO3/c1-3-19-11(17)7-8-16(2)13(18)12-9(14)5-4-6-10(12)15/h4-6H,3,7-8H2,1-2H3. The van der Waals surface area contributed by atoms with E-state index in [1.165, 1.54) is 24.1 Å². The van der Waals surface area contributed by atoms with Crippen molar-refractivity contribution in [3.05, 3.63) is 34.6 Å². The van der Waals surface area contributed by atoms with E-state index in [4.69, 9.17) is 16.3 Å². The highest BCUT2D eigenvalue weighted by Gasteiger charge is 2.20. The van der Waals surface area contributed by atoms with Crippen LogP contribution < -0.4 is 0 Å². The molecule has 0 saturated carbocycles. The van der Waals surface area contributed by atoms with Crippen molar-refractivity contribution in [1.82, 2.24) is 4.90 Å². The summed E-state index contributed by atoms with van der Waals surface area (Å²) in [6.45, 7) is 2.13. The molecule has 1 amide bonds. The maximum Gasteiger partial charge on any atom is 0.307 e. The molecule has 0 aliphatic heterocycles. The van der Waals surface area contributed by atoms with Crippen LogP contribution in [0.15, 0.2) is 18.2 Å². The molecule has 0 heterocycles. The van der Waals surface area contributed by atoms with Crippen LogP contribution in [0.3, 0.4) is 0 Å². The number of amides is 1. The summed E-state index contributed by atoms with van der Waals surface area (Å²) in [5.41, 5.74) is -0.185. The van der Waals surface area contributed by atoms with E-state index in [-0.39, 0.29) is 30.2 Å². The first kappa shape index (κ1) is 15.4. The average Bonchev–Trinajstić information content (AvgIpc) is 2.36. The number of carbonyl (C=O) groups is 2. The Balaban J connectivity index is 2.70. The van der Waals surface area contributed by atoms with Crippen molar-refractivity contribution < 1.29 is 18.7 Å². The predicted octanol–water partition coefficient (Wildman–Crippen LogP) is 2.50. The van der Waals surface area contributed by atoms with Gasteiger partial charge in [0.2, 0.25) is 0 Å². The number of carbonyl (C=O) groups excluding carboxylic acids is 2. The van der Waals surface area contributed by atoms with E-state index >= 15 is 0 Å². The van der Waals surface area contributed by atoms with Gasteiger partial charge in [-0.15, -0.1) is 0 Å². The van der Waals surface area contributed by atoms with Gasteiger partial charge in [0.15, 0.2) is 0 Å². The van der Waals surface area contributed by atoms with E-state index < -0.39 is 17.7 Å². The summed E-state index contributed by atoms with van der Waals surface area (Å²) in [4.78, 5) is 24.4. The highest BCUT2D eigenvalue weighted by Crippen LogP contribution is 2.20. The number of benzene rings is 1. The predicted molar refractivity (Wildman–Crippen MR) is 69.6 cm³/mol. The summed E-state index contributed by atoms with van der Waals surface area (Å²) >= 11 is 5.80. The first-order chi connectivity index (χ1) is 8.97. The Hall–Kier alpha value is -1.62. The molecule has 0 bridgehead atoms. The Kier molecular flexibility index (Phi) is 5.76. The monoisotopic (exact) mass is 287 g/mol. The summed E-state index contributed by atoms with van der Waals surface area (Å²) in [6, 6.07) is 4.03. The molecule has 0 saturated heterocycles. The highest BCUT2D eigenvalue weighted by molar-refractivity contribution is 6.33. The van der Waals surface area contributed by atoms with Crippen LogP contribution in [0.5, 0.6) is 0 Å². The normalized spacial score (nSPS) is 10.1. The van der Waals surface area contributed by atoms with Crippen LogP contribution in [-0.4, -0.2) is 37.0 Å². The molecule has 1 aromatic carbocycles. The topological polar surface area (TPSA) is 46.6 Å². The molecule has 0 fully saturated rings. The van der Waals surface area contributed by atoms with E-state index in [0.29, 0.717) is 0 Å². The van der Waals surface area contributed by atoms with Gasteiger partial charge >= 0.3 is 5.97 Å². The lowest BCUT2D eigenvalue weighted by Crippen LogP contribution is -2.30. The van der Waals surface area contributed by atoms with Crippen LogP contribution in [0, 0.1) is 5.82 Å². The molecule has 1 aromatic rings. The van der Waals surface area contributed by atoms with Crippen molar-refractivity contribution in [3.63, 3.8) is 0 Å². The zero-order chi connectivity index (χ0) is 14.4. The molecule has 6 heteroatoms. The second-order valence-corrected chi connectivity index (χ2v) is 4.29. The molecule has 0 atom stereocenters. The summed E-state index contributed by atoms with van der Waals surface area (Å²) in [5.74, 6) is -1.64. The van der Waals surface area contributed by atoms with Crippen molar-refractivity contribution in [2.45, 2.75) is 13.3 Å². The summed E-state index contributed by atoms with van der Waals surface area (Å²) in [7, 11) is 1.48. The van der Waals surface area contributed by atoms with Gasteiger partial charge in [0.1, 0.15) is 5.82 Å². The number of hydrogen-bond acceptors (Lipinski definition) is 3. The van der Waals surface area contributed by atoms with E-state index in [2.05, 4.69) is 0 Å². The number of rotatable bonds is 5. The Labute approximate surface area is 116 Å².